The van der Waals surface area contributed by atoms with Gasteiger partial charge in [-0.1, -0.05) is 6.08 Å². The van der Waals surface area contributed by atoms with Crippen molar-refractivity contribution in [1.82, 2.24) is 0 Å². The average Bonchev–Trinajstić information content (AvgIpc) is 2.18. The van der Waals surface area contributed by atoms with E-state index in [9.17, 15) is 13.1 Å². The van der Waals surface area contributed by atoms with Crippen molar-refractivity contribution in [3.8, 4) is 0 Å². The first-order valence-corrected chi connectivity index (χ1v) is 5.51. The van der Waals surface area contributed by atoms with Crippen molar-refractivity contribution in [2.24, 2.45) is 0 Å². The second-order valence-electron chi connectivity index (χ2n) is 3.44. The Morgan fingerprint density at radius 2 is 2.19 bits per heavy atom. The van der Waals surface area contributed by atoms with Crippen LogP contribution in [0.2, 0.25) is 0 Å². The van der Waals surface area contributed by atoms with Gasteiger partial charge in [-0.25, -0.2) is 4.39 Å². The topological polar surface area (TPSA) is 29.1 Å². The molecule has 0 aromatic heterocycles. The van der Waals surface area contributed by atoms with Crippen molar-refractivity contribution < 1.29 is 13.1 Å². The molecule has 0 saturated heterocycles. The maximum atomic E-state index is 13.0. The molecule has 2 rings (SSSR count). The van der Waals surface area contributed by atoms with Crippen LogP contribution in [-0.2, 0) is 4.79 Å². The Morgan fingerprint density at radius 1 is 1.44 bits per heavy atom. The summed E-state index contributed by atoms with van der Waals surface area (Å²) >= 11 is -0.176. The van der Waals surface area contributed by atoms with Gasteiger partial charge in [0.05, 0.1) is 17.0 Å². The first-order valence-electron chi connectivity index (χ1n) is 4.79. The average molecular weight is 241 g/mol. The number of hydrogen-bond donors (Lipinski definition) is 1. The van der Waals surface area contributed by atoms with Crippen molar-refractivity contribution in [3.05, 3.63) is 35.7 Å². The third-order valence-electron chi connectivity index (χ3n) is 2.37. The first kappa shape index (κ1) is 11.1. The van der Waals surface area contributed by atoms with Gasteiger partial charge in [0.25, 0.3) is 5.91 Å². The number of allylic oxidation sites excluding steroid dienone is 1. The van der Waals surface area contributed by atoms with Crippen molar-refractivity contribution >= 4 is 23.7 Å². The molecule has 0 atom stereocenters. The normalized spacial score (nSPS) is 14.0. The summed E-state index contributed by atoms with van der Waals surface area (Å²) in [7, 11) is 0. The molecule has 0 heterocycles. The maximum Gasteiger partial charge on any atom is 0.251 e. The van der Waals surface area contributed by atoms with Gasteiger partial charge >= 0.3 is 0 Å². The third-order valence-corrected chi connectivity index (χ3v) is 2.85. The third kappa shape index (κ3) is 2.24. The van der Waals surface area contributed by atoms with Crippen molar-refractivity contribution in [2.45, 2.75) is 17.7 Å². The lowest BCUT2D eigenvalue weighted by molar-refractivity contribution is -0.113. The number of halogens is 2. The molecule has 0 saturated carbocycles. The lowest BCUT2D eigenvalue weighted by Gasteiger charge is -2.14. The standard InChI is InChI=1S/C11H9F2NOS/c12-9-5-4-8(6-10(9)16-13)14-11(15)7-2-1-3-7/h2,4-6H,1,3H2,(H,14,15). The number of anilines is 1. The Kier molecular flexibility index (Phi) is 3.24. The molecule has 0 fully saturated rings. The van der Waals surface area contributed by atoms with Crippen LogP contribution in [0.3, 0.4) is 0 Å². The van der Waals surface area contributed by atoms with E-state index in [0.717, 1.165) is 24.5 Å². The number of carbonyl (C=O) groups is 1. The van der Waals surface area contributed by atoms with E-state index in [-0.39, 0.29) is 23.0 Å². The van der Waals surface area contributed by atoms with E-state index in [1.165, 1.54) is 12.1 Å². The van der Waals surface area contributed by atoms with E-state index >= 15 is 0 Å². The minimum Gasteiger partial charge on any atom is -0.322 e. The zero-order valence-electron chi connectivity index (χ0n) is 8.30. The largest absolute Gasteiger partial charge is 0.322 e. The van der Waals surface area contributed by atoms with Gasteiger partial charge in [0.1, 0.15) is 5.82 Å². The number of nitrogens with one attached hydrogen (secondary N) is 1. The van der Waals surface area contributed by atoms with Crippen LogP contribution < -0.4 is 5.32 Å². The molecule has 5 heteroatoms. The van der Waals surface area contributed by atoms with Crippen molar-refractivity contribution in [3.63, 3.8) is 0 Å². The summed E-state index contributed by atoms with van der Waals surface area (Å²) in [5.74, 6) is -0.832. The number of rotatable bonds is 3. The van der Waals surface area contributed by atoms with Crippen LogP contribution in [0, 0.1) is 5.82 Å². The van der Waals surface area contributed by atoms with Gasteiger partial charge in [-0.15, -0.1) is 0 Å². The van der Waals surface area contributed by atoms with Gasteiger partial charge in [-0.3, -0.25) is 4.79 Å². The fourth-order valence-corrected chi connectivity index (χ4v) is 1.66. The fourth-order valence-electron chi connectivity index (χ4n) is 1.35. The Hall–Kier alpha value is -1.36. The molecule has 0 bridgehead atoms. The van der Waals surface area contributed by atoms with E-state index in [1.807, 2.05) is 6.08 Å². The Balaban J connectivity index is 2.12. The molecule has 0 unspecified atom stereocenters. The van der Waals surface area contributed by atoms with Crippen LogP contribution in [0.1, 0.15) is 12.8 Å². The minimum atomic E-state index is -0.631. The van der Waals surface area contributed by atoms with E-state index < -0.39 is 5.82 Å². The van der Waals surface area contributed by atoms with Crippen LogP contribution in [0.4, 0.5) is 14.0 Å². The zero-order valence-corrected chi connectivity index (χ0v) is 9.11. The Morgan fingerprint density at radius 3 is 2.75 bits per heavy atom. The van der Waals surface area contributed by atoms with E-state index in [0.29, 0.717) is 5.69 Å². The molecule has 1 aliphatic carbocycles. The molecule has 1 amide bonds. The van der Waals surface area contributed by atoms with E-state index in [2.05, 4.69) is 5.32 Å². The number of hydrogen-bond acceptors (Lipinski definition) is 2. The SMILES string of the molecule is O=C(Nc1ccc(F)c(SF)c1)C1=CCC1. The minimum absolute atomic E-state index is 0.125. The quantitative estimate of drug-likeness (QED) is 0.878. The van der Waals surface area contributed by atoms with Gasteiger partial charge in [-0.2, -0.15) is 3.89 Å². The smallest absolute Gasteiger partial charge is 0.251 e. The van der Waals surface area contributed by atoms with Crippen LogP contribution in [0.5, 0.6) is 0 Å². The predicted molar refractivity (Wildman–Crippen MR) is 59.3 cm³/mol. The Labute approximate surface area is 96.0 Å². The highest BCUT2D eigenvalue weighted by molar-refractivity contribution is 7.94. The fraction of sp³-hybridized carbons (Fsp3) is 0.182. The first-order chi connectivity index (χ1) is 7.70. The number of benzene rings is 1. The van der Waals surface area contributed by atoms with Gasteiger partial charge in [-0.05, 0) is 31.0 Å². The number of amides is 1. The Bertz CT molecular complexity index is 459. The molecule has 0 radical (unpaired) electrons. The summed E-state index contributed by atoms with van der Waals surface area (Å²) < 4.78 is 25.3. The molecule has 0 spiro atoms. The molecule has 2 nitrogen and oxygen atoms in total. The summed E-state index contributed by atoms with van der Waals surface area (Å²) in [4.78, 5) is 11.4. The predicted octanol–water partition coefficient (Wildman–Crippen LogP) is 3.46. The molecule has 1 aromatic carbocycles. The van der Waals surface area contributed by atoms with E-state index in [1.54, 1.807) is 0 Å². The van der Waals surface area contributed by atoms with Gasteiger partial charge in [0, 0.05) is 11.3 Å². The van der Waals surface area contributed by atoms with Crippen molar-refractivity contribution in [1.29, 1.82) is 0 Å². The van der Waals surface area contributed by atoms with Crippen LogP contribution >= 0.6 is 12.1 Å². The second-order valence-corrected chi connectivity index (χ2v) is 4.04. The zero-order chi connectivity index (χ0) is 11.5. The summed E-state index contributed by atoms with van der Waals surface area (Å²) in [6, 6.07) is 3.82. The molecule has 1 N–H and O–H groups in total. The van der Waals surface area contributed by atoms with Crippen LogP contribution in [-0.4, -0.2) is 5.91 Å². The lowest BCUT2D eigenvalue weighted by atomic mass is 9.98. The molecule has 1 aromatic rings. The number of carbonyl (C=O) groups excluding carboxylic acids is 1. The molecule has 84 valence electrons. The summed E-state index contributed by atoms with van der Waals surface area (Å²) in [6.45, 7) is 0. The van der Waals surface area contributed by atoms with Gasteiger partial charge in [0.15, 0.2) is 0 Å². The van der Waals surface area contributed by atoms with Crippen molar-refractivity contribution in [2.75, 3.05) is 5.32 Å². The molecular weight excluding hydrogens is 232 g/mol. The molecule has 1 aliphatic rings. The molecular formula is C11H9F2NOS. The van der Waals surface area contributed by atoms with Gasteiger partial charge in [0.2, 0.25) is 0 Å². The summed E-state index contributed by atoms with van der Waals surface area (Å²) in [5.41, 5.74) is 1.12. The summed E-state index contributed by atoms with van der Waals surface area (Å²) in [5, 5.41) is 2.59. The second kappa shape index (κ2) is 4.65. The lowest BCUT2D eigenvalue weighted by Crippen LogP contribution is -2.17. The highest BCUT2D eigenvalue weighted by Crippen LogP contribution is 2.26. The summed E-state index contributed by atoms with van der Waals surface area (Å²) in [6.07, 6.45) is 3.51. The highest BCUT2D eigenvalue weighted by atomic mass is 32.2. The highest BCUT2D eigenvalue weighted by Gasteiger charge is 2.15. The maximum absolute atomic E-state index is 13.0. The van der Waals surface area contributed by atoms with Gasteiger partial charge < -0.3 is 5.32 Å². The molecule has 0 aliphatic heterocycles. The molecule has 16 heavy (non-hydrogen) atoms. The van der Waals surface area contributed by atoms with Crippen LogP contribution in [0.25, 0.3) is 0 Å². The monoisotopic (exact) mass is 241 g/mol. The van der Waals surface area contributed by atoms with Crippen LogP contribution in [0.15, 0.2) is 34.7 Å². The van der Waals surface area contributed by atoms with E-state index in [4.69, 9.17) is 0 Å².